The van der Waals surface area contributed by atoms with Crippen LogP contribution in [0.2, 0.25) is 5.02 Å². The van der Waals surface area contributed by atoms with Crippen molar-refractivity contribution in [2.24, 2.45) is 7.05 Å². The number of likely N-dealkylation sites (tertiary alicyclic amines) is 1. The van der Waals surface area contributed by atoms with E-state index in [0.717, 1.165) is 31.6 Å². The van der Waals surface area contributed by atoms with Gasteiger partial charge in [-0.05, 0) is 56.3 Å². The summed E-state index contributed by atoms with van der Waals surface area (Å²) < 4.78 is 52.2. The summed E-state index contributed by atoms with van der Waals surface area (Å²) in [5.74, 6) is -1.01. The molecule has 0 atom stereocenters. The van der Waals surface area contributed by atoms with Gasteiger partial charge in [-0.2, -0.15) is 8.78 Å². The van der Waals surface area contributed by atoms with Gasteiger partial charge in [-0.15, -0.1) is 0 Å². The molecule has 3 heterocycles. The largest absolute Gasteiger partial charge is 0.478 e. The second-order valence-corrected chi connectivity index (χ2v) is 9.99. The average Bonchev–Trinajstić information content (AvgIpc) is 3.24. The van der Waals surface area contributed by atoms with E-state index in [4.69, 9.17) is 16.3 Å². The molecule has 0 amide bonds. The standard InChI is InChI=1S/C28H26ClF3N4O4/c1-35-22-8-7-19(27(37)38)26(40-28(31)32)25(22)34-23(35)14-36-11-9-16(10-12-36)21-3-2-4-24(33-21)39-15-17-5-6-18(29)13-20(17)30/h2-8,13,16,28H,9-12,14-15H2,1H3,(H,37,38). The van der Waals surface area contributed by atoms with Gasteiger partial charge in [0.1, 0.15) is 29.3 Å². The molecule has 0 bridgehead atoms. The molecule has 1 saturated heterocycles. The smallest absolute Gasteiger partial charge is 0.387 e. The summed E-state index contributed by atoms with van der Waals surface area (Å²) in [6.45, 7) is -1.19. The Hall–Kier alpha value is -3.83. The van der Waals surface area contributed by atoms with Crippen LogP contribution in [-0.4, -0.2) is 50.2 Å². The zero-order valence-electron chi connectivity index (χ0n) is 21.5. The third-order valence-electron chi connectivity index (χ3n) is 7.04. The molecule has 12 heteroatoms. The van der Waals surface area contributed by atoms with E-state index in [1.54, 1.807) is 35.9 Å². The van der Waals surface area contributed by atoms with Crippen molar-refractivity contribution >= 4 is 28.6 Å². The summed E-state index contributed by atoms with van der Waals surface area (Å²) in [5, 5.41) is 9.73. The number of benzene rings is 2. The van der Waals surface area contributed by atoms with Crippen LogP contribution in [0, 0.1) is 5.82 Å². The minimum absolute atomic E-state index is 0.0357. The molecular formula is C28H26ClF3N4O4. The number of fused-ring (bicyclic) bond motifs is 1. The Bertz CT molecular complexity index is 1540. The number of aryl methyl sites for hydroxylation is 1. The molecule has 1 aliphatic rings. The minimum Gasteiger partial charge on any atom is -0.478 e. The van der Waals surface area contributed by atoms with Crippen LogP contribution in [0.3, 0.4) is 0 Å². The van der Waals surface area contributed by atoms with Gasteiger partial charge in [0.05, 0.1) is 12.1 Å². The molecule has 4 aromatic rings. The number of halogens is 4. The summed E-state index contributed by atoms with van der Waals surface area (Å²) in [5.41, 5.74) is 1.51. The zero-order valence-corrected chi connectivity index (χ0v) is 22.2. The Morgan fingerprint density at radius 1 is 1.15 bits per heavy atom. The van der Waals surface area contributed by atoms with Crippen LogP contribution < -0.4 is 9.47 Å². The summed E-state index contributed by atoms with van der Waals surface area (Å²) >= 11 is 5.81. The third-order valence-corrected chi connectivity index (χ3v) is 7.28. The number of hydrogen-bond acceptors (Lipinski definition) is 6. The molecular weight excluding hydrogens is 549 g/mol. The van der Waals surface area contributed by atoms with E-state index in [1.807, 2.05) is 12.1 Å². The van der Waals surface area contributed by atoms with Gasteiger partial charge in [-0.1, -0.05) is 23.7 Å². The van der Waals surface area contributed by atoms with Gasteiger partial charge < -0.3 is 19.1 Å². The van der Waals surface area contributed by atoms with Crippen LogP contribution in [0.25, 0.3) is 11.0 Å². The highest BCUT2D eigenvalue weighted by atomic mass is 35.5. The Morgan fingerprint density at radius 3 is 2.62 bits per heavy atom. The fraction of sp³-hybridized carbons (Fsp3) is 0.321. The minimum atomic E-state index is -3.18. The van der Waals surface area contributed by atoms with Crippen LogP contribution in [0.4, 0.5) is 13.2 Å². The van der Waals surface area contributed by atoms with Crippen LogP contribution >= 0.6 is 11.6 Å². The van der Waals surface area contributed by atoms with E-state index in [-0.39, 0.29) is 23.6 Å². The van der Waals surface area contributed by atoms with Gasteiger partial charge in [-0.3, -0.25) is 4.90 Å². The number of hydrogen-bond donors (Lipinski definition) is 1. The normalized spacial score (nSPS) is 14.7. The summed E-state index contributed by atoms with van der Waals surface area (Å²) in [6, 6.07) is 12.8. The lowest BCUT2D eigenvalue weighted by atomic mass is 9.93. The lowest BCUT2D eigenvalue weighted by Gasteiger charge is -2.31. The fourth-order valence-electron chi connectivity index (χ4n) is 4.92. The Morgan fingerprint density at radius 2 is 1.93 bits per heavy atom. The summed E-state index contributed by atoms with van der Waals surface area (Å²) in [7, 11) is 1.76. The molecule has 2 aromatic heterocycles. The molecule has 1 N–H and O–H groups in total. The highest BCUT2D eigenvalue weighted by Gasteiger charge is 2.26. The predicted molar refractivity (Wildman–Crippen MR) is 142 cm³/mol. The van der Waals surface area contributed by atoms with Gasteiger partial charge in [-0.25, -0.2) is 19.2 Å². The van der Waals surface area contributed by atoms with Gasteiger partial charge in [0.2, 0.25) is 5.88 Å². The van der Waals surface area contributed by atoms with Crippen molar-refractivity contribution < 1.29 is 32.5 Å². The SMILES string of the molecule is Cn1c(CN2CCC(c3cccc(OCc4ccc(Cl)cc4F)n3)CC2)nc2c(OC(F)F)c(C(=O)O)ccc21. The molecule has 40 heavy (non-hydrogen) atoms. The monoisotopic (exact) mass is 574 g/mol. The first-order valence-electron chi connectivity index (χ1n) is 12.6. The molecule has 5 rings (SSSR count). The van der Waals surface area contributed by atoms with Gasteiger partial charge in [0.25, 0.3) is 0 Å². The first kappa shape index (κ1) is 27.7. The zero-order chi connectivity index (χ0) is 28.4. The predicted octanol–water partition coefficient (Wildman–Crippen LogP) is 6.02. The molecule has 8 nitrogen and oxygen atoms in total. The molecule has 0 radical (unpaired) electrons. The van der Waals surface area contributed by atoms with Crippen LogP contribution in [0.5, 0.6) is 11.6 Å². The Kier molecular flexibility index (Phi) is 8.13. The van der Waals surface area contributed by atoms with Crippen LogP contribution in [0.1, 0.15) is 46.2 Å². The number of rotatable bonds is 9. The number of pyridine rings is 1. The second-order valence-electron chi connectivity index (χ2n) is 9.56. The summed E-state index contributed by atoms with van der Waals surface area (Å²) in [4.78, 5) is 22.9. The fourth-order valence-corrected chi connectivity index (χ4v) is 5.08. The van der Waals surface area contributed by atoms with Crippen molar-refractivity contribution in [3.8, 4) is 11.6 Å². The van der Waals surface area contributed by atoms with E-state index in [2.05, 4.69) is 19.6 Å². The highest BCUT2D eigenvalue weighted by Crippen LogP contribution is 2.33. The van der Waals surface area contributed by atoms with E-state index in [1.165, 1.54) is 12.1 Å². The second kappa shape index (κ2) is 11.7. The first-order valence-corrected chi connectivity index (χ1v) is 13.0. The van der Waals surface area contributed by atoms with Crippen molar-refractivity contribution in [1.29, 1.82) is 0 Å². The van der Waals surface area contributed by atoms with Crippen molar-refractivity contribution in [2.75, 3.05) is 13.1 Å². The Labute approximate surface area is 232 Å². The third kappa shape index (κ3) is 6.00. The molecule has 0 spiro atoms. The number of carboxylic acid groups (broad SMARTS) is 1. The molecule has 1 fully saturated rings. The number of ether oxygens (including phenoxy) is 2. The number of carbonyl (C=O) groups is 1. The van der Waals surface area contributed by atoms with Crippen molar-refractivity contribution in [1.82, 2.24) is 19.4 Å². The van der Waals surface area contributed by atoms with E-state index >= 15 is 0 Å². The number of alkyl halides is 2. The van der Waals surface area contributed by atoms with Crippen LogP contribution in [-0.2, 0) is 20.2 Å². The molecule has 210 valence electrons. The first-order chi connectivity index (χ1) is 19.2. The number of nitrogens with zero attached hydrogens (tertiary/aromatic N) is 4. The topological polar surface area (TPSA) is 89.7 Å². The van der Waals surface area contributed by atoms with Gasteiger partial charge >= 0.3 is 12.6 Å². The molecule has 1 aliphatic heterocycles. The summed E-state index contributed by atoms with van der Waals surface area (Å²) in [6.07, 6.45) is 1.66. The molecule has 0 saturated carbocycles. The molecule has 0 aliphatic carbocycles. The number of aromatic nitrogens is 3. The average molecular weight is 575 g/mol. The number of piperidine rings is 1. The van der Waals surface area contributed by atoms with E-state index in [9.17, 15) is 23.1 Å². The molecule has 0 unspecified atom stereocenters. The van der Waals surface area contributed by atoms with Crippen LogP contribution in [0.15, 0.2) is 48.5 Å². The van der Waals surface area contributed by atoms with E-state index in [0.29, 0.717) is 34.4 Å². The number of imidazole rings is 1. The maximum Gasteiger partial charge on any atom is 0.387 e. The van der Waals surface area contributed by atoms with Gasteiger partial charge in [0, 0.05) is 35.3 Å². The number of aromatic carboxylic acids is 1. The quantitative estimate of drug-likeness (QED) is 0.261. The molecule has 2 aromatic carbocycles. The Balaban J connectivity index is 1.24. The highest BCUT2D eigenvalue weighted by molar-refractivity contribution is 6.30. The number of carboxylic acids is 1. The van der Waals surface area contributed by atoms with Crippen molar-refractivity contribution in [3.05, 3.63) is 82.0 Å². The maximum absolute atomic E-state index is 14.1. The van der Waals surface area contributed by atoms with Gasteiger partial charge in [0.15, 0.2) is 5.75 Å². The maximum atomic E-state index is 14.1. The van der Waals surface area contributed by atoms with Crippen molar-refractivity contribution in [2.45, 2.75) is 38.5 Å². The lowest BCUT2D eigenvalue weighted by Crippen LogP contribution is -2.33. The van der Waals surface area contributed by atoms with Crippen molar-refractivity contribution in [3.63, 3.8) is 0 Å². The van der Waals surface area contributed by atoms with E-state index < -0.39 is 24.1 Å². The lowest BCUT2D eigenvalue weighted by molar-refractivity contribution is -0.0494.